The van der Waals surface area contributed by atoms with Gasteiger partial charge in [-0.25, -0.2) is 14.8 Å². The molecule has 0 spiro atoms. The SMILES string of the molecule is Cc1ccc(Cl)c(C(=O)N[C@@H](CCOC2CC(CCc3ccc4c(n3)NCCC4)C2)C(=O)O)n1. The van der Waals surface area contributed by atoms with Crippen LogP contribution in [0.1, 0.15) is 59.5 Å². The number of halogens is 1. The Balaban J connectivity index is 1.16. The van der Waals surface area contributed by atoms with Crippen molar-refractivity contribution < 1.29 is 19.4 Å². The van der Waals surface area contributed by atoms with Crippen molar-refractivity contribution in [3.05, 3.63) is 51.9 Å². The number of fused-ring (bicyclic) bond motifs is 1. The highest BCUT2D eigenvalue weighted by molar-refractivity contribution is 6.33. The third kappa shape index (κ3) is 6.24. The molecule has 0 saturated heterocycles. The minimum atomic E-state index is -1.11. The Morgan fingerprint density at radius 3 is 2.88 bits per heavy atom. The normalized spacial score (nSPS) is 19.9. The summed E-state index contributed by atoms with van der Waals surface area (Å²) in [6, 6.07) is 6.53. The molecule has 8 nitrogen and oxygen atoms in total. The lowest BCUT2D eigenvalue weighted by atomic mass is 9.79. The van der Waals surface area contributed by atoms with Crippen LogP contribution in [0.4, 0.5) is 5.82 Å². The lowest BCUT2D eigenvalue weighted by Gasteiger charge is -2.35. The number of carboxylic acid groups (broad SMARTS) is 1. The fourth-order valence-electron chi connectivity index (χ4n) is 4.44. The second-order valence-corrected chi connectivity index (χ2v) is 9.55. The number of aliphatic carboxylic acids is 1. The number of nitrogens with zero attached hydrogens (tertiary/aromatic N) is 2. The van der Waals surface area contributed by atoms with Crippen LogP contribution in [0.3, 0.4) is 0 Å². The van der Waals surface area contributed by atoms with Gasteiger partial charge in [0, 0.05) is 31.0 Å². The van der Waals surface area contributed by atoms with Crippen LogP contribution in [-0.4, -0.2) is 52.2 Å². The molecule has 0 radical (unpaired) electrons. The van der Waals surface area contributed by atoms with Gasteiger partial charge >= 0.3 is 5.97 Å². The minimum Gasteiger partial charge on any atom is -0.480 e. The molecular formula is C25H31ClN4O4. The van der Waals surface area contributed by atoms with E-state index in [9.17, 15) is 14.7 Å². The summed E-state index contributed by atoms with van der Waals surface area (Å²) in [4.78, 5) is 32.9. The number of hydrogen-bond acceptors (Lipinski definition) is 6. The highest BCUT2D eigenvalue weighted by atomic mass is 35.5. The van der Waals surface area contributed by atoms with E-state index in [1.165, 1.54) is 5.56 Å². The fraction of sp³-hybridized carbons (Fsp3) is 0.520. The number of nitrogens with one attached hydrogen (secondary N) is 2. The van der Waals surface area contributed by atoms with Crippen LogP contribution in [0.15, 0.2) is 24.3 Å². The van der Waals surface area contributed by atoms with Crippen LogP contribution in [0.5, 0.6) is 0 Å². The number of aromatic nitrogens is 2. The van der Waals surface area contributed by atoms with Gasteiger partial charge in [0.2, 0.25) is 0 Å². The molecule has 1 saturated carbocycles. The molecule has 2 aromatic rings. The molecule has 34 heavy (non-hydrogen) atoms. The Bertz CT molecular complexity index is 1040. The number of aryl methyl sites for hydroxylation is 3. The van der Waals surface area contributed by atoms with Gasteiger partial charge in [0.15, 0.2) is 0 Å². The second-order valence-electron chi connectivity index (χ2n) is 9.15. The quantitative estimate of drug-likeness (QED) is 0.468. The number of carbonyl (C=O) groups is 2. The summed E-state index contributed by atoms with van der Waals surface area (Å²) in [5.74, 6) is -0.0746. The van der Waals surface area contributed by atoms with E-state index in [2.05, 4.69) is 27.8 Å². The smallest absolute Gasteiger partial charge is 0.326 e. The number of carboxylic acids is 1. The van der Waals surface area contributed by atoms with E-state index in [4.69, 9.17) is 21.3 Å². The number of hydrogen-bond donors (Lipinski definition) is 3. The first-order chi connectivity index (χ1) is 16.4. The maximum Gasteiger partial charge on any atom is 0.326 e. The molecule has 182 valence electrons. The Kier molecular flexibility index (Phi) is 8.00. The number of pyridine rings is 2. The van der Waals surface area contributed by atoms with Crippen LogP contribution in [0, 0.1) is 12.8 Å². The molecule has 0 unspecified atom stereocenters. The molecule has 1 amide bonds. The van der Waals surface area contributed by atoms with Crippen molar-refractivity contribution in [2.24, 2.45) is 5.92 Å². The molecule has 4 rings (SSSR count). The van der Waals surface area contributed by atoms with Crippen molar-refractivity contribution in [2.75, 3.05) is 18.5 Å². The largest absolute Gasteiger partial charge is 0.480 e. The first-order valence-corrected chi connectivity index (χ1v) is 12.3. The minimum absolute atomic E-state index is 0.0277. The maximum absolute atomic E-state index is 12.4. The van der Waals surface area contributed by atoms with Crippen LogP contribution in [-0.2, 0) is 22.4 Å². The molecule has 2 aromatic heterocycles. The topological polar surface area (TPSA) is 113 Å². The Morgan fingerprint density at radius 2 is 2.09 bits per heavy atom. The van der Waals surface area contributed by atoms with Gasteiger partial charge in [-0.1, -0.05) is 17.7 Å². The molecule has 9 heteroatoms. The molecule has 1 aliphatic heterocycles. The maximum atomic E-state index is 12.4. The van der Waals surface area contributed by atoms with Crippen LogP contribution >= 0.6 is 11.6 Å². The van der Waals surface area contributed by atoms with Crippen molar-refractivity contribution in [2.45, 2.75) is 64.0 Å². The summed E-state index contributed by atoms with van der Waals surface area (Å²) in [7, 11) is 0. The summed E-state index contributed by atoms with van der Waals surface area (Å²) in [6.45, 7) is 3.00. The number of rotatable bonds is 10. The molecular weight excluding hydrogens is 456 g/mol. The van der Waals surface area contributed by atoms with E-state index in [1.807, 2.05) is 0 Å². The van der Waals surface area contributed by atoms with E-state index in [1.54, 1.807) is 19.1 Å². The highest BCUT2D eigenvalue weighted by Crippen LogP contribution is 2.34. The van der Waals surface area contributed by atoms with Crippen LogP contribution in [0.25, 0.3) is 0 Å². The molecule has 1 atom stereocenters. The van der Waals surface area contributed by atoms with Gasteiger partial charge in [0.25, 0.3) is 5.91 Å². The van der Waals surface area contributed by atoms with E-state index in [-0.39, 0.29) is 29.8 Å². The zero-order valence-corrected chi connectivity index (χ0v) is 20.1. The highest BCUT2D eigenvalue weighted by Gasteiger charge is 2.30. The van der Waals surface area contributed by atoms with Gasteiger partial charge in [-0.05, 0) is 75.1 Å². The zero-order valence-electron chi connectivity index (χ0n) is 19.3. The Hall–Kier alpha value is -2.71. The first-order valence-electron chi connectivity index (χ1n) is 11.9. The molecule has 3 heterocycles. The molecule has 0 aromatic carbocycles. The van der Waals surface area contributed by atoms with Gasteiger partial charge in [-0.2, -0.15) is 0 Å². The second kappa shape index (κ2) is 11.1. The lowest BCUT2D eigenvalue weighted by Crippen LogP contribution is -2.42. The van der Waals surface area contributed by atoms with Gasteiger partial charge in [-0.3, -0.25) is 4.79 Å². The van der Waals surface area contributed by atoms with Crippen LogP contribution < -0.4 is 10.6 Å². The van der Waals surface area contributed by atoms with Gasteiger partial charge in [-0.15, -0.1) is 0 Å². The number of ether oxygens (including phenoxy) is 1. The summed E-state index contributed by atoms with van der Waals surface area (Å²) >= 11 is 6.03. The zero-order chi connectivity index (χ0) is 24.1. The third-order valence-electron chi connectivity index (χ3n) is 6.52. The van der Waals surface area contributed by atoms with Crippen molar-refractivity contribution in [1.29, 1.82) is 0 Å². The van der Waals surface area contributed by atoms with Gasteiger partial charge in [0.1, 0.15) is 17.6 Å². The van der Waals surface area contributed by atoms with E-state index >= 15 is 0 Å². The van der Waals surface area contributed by atoms with E-state index in [0.29, 0.717) is 11.6 Å². The van der Waals surface area contributed by atoms with Gasteiger partial charge in [0.05, 0.1) is 11.1 Å². The number of anilines is 1. The van der Waals surface area contributed by atoms with Crippen molar-refractivity contribution in [3.63, 3.8) is 0 Å². The van der Waals surface area contributed by atoms with Crippen molar-refractivity contribution in [3.8, 4) is 0 Å². The average Bonchev–Trinajstić information content (AvgIpc) is 2.80. The van der Waals surface area contributed by atoms with Crippen molar-refractivity contribution >= 4 is 29.3 Å². The van der Waals surface area contributed by atoms with Gasteiger partial charge < -0.3 is 20.5 Å². The molecule has 1 fully saturated rings. The summed E-state index contributed by atoms with van der Waals surface area (Å²) in [6.07, 6.45) is 6.54. The predicted molar refractivity (Wildman–Crippen MR) is 129 cm³/mol. The summed E-state index contributed by atoms with van der Waals surface area (Å²) in [5.41, 5.74) is 3.09. The Labute approximate surface area is 204 Å². The third-order valence-corrected chi connectivity index (χ3v) is 6.82. The Morgan fingerprint density at radius 1 is 1.26 bits per heavy atom. The summed E-state index contributed by atoms with van der Waals surface area (Å²) < 4.78 is 5.86. The number of carbonyl (C=O) groups excluding carboxylic acids is 1. The summed E-state index contributed by atoms with van der Waals surface area (Å²) in [5, 5.41) is 15.6. The standard InChI is InChI=1S/C25H31ClN4O4/c1-15-4-9-20(26)22(28-15)24(31)30-21(25(32)33)10-12-34-19-13-16(14-19)5-7-18-8-6-17-3-2-11-27-23(17)29-18/h4,6,8-9,16,19,21H,2-3,5,7,10-14H2,1H3,(H,27,29)(H,30,31)(H,32,33)/t16?,19?,21-/m0/s1. The molecule has 0 bridgehead atoms. The van der Waals surface area contributed by atoms with E-state index in [0.717, 1.165) is 56.6 Å². The monoisotopic (exact) mass is 486 g/mol. The molecule has 1 aliphatic carbocycles. The molecule has 3 N–H and O–H groups in total. The fourth-order valence-corrected chi connectivity index (χ4v) is 4.63. The van der Waals surface area contributed by atoms with Crippen LogP contribution in [0.2, 0.25) is 5.02 Å². The van der Waals surface area contributed by atoms with E-state index < -0.39 is 17.9 Å². The first kappa shape index (κ1) is 24.4. The number of amides is 1. The van der Waals surface area contributed by atoms with Crippen molar-refractivity contribution in [1.82, 2.24) is 15.3 Å². The molecule has 2 aliphatic rings. The average molecular weight is 487 g/mol. The predicted octanol–water partition coefficient (Wildman–Crippen LogP) is 3.80. The lowest BCUT2D eigenvalue weighted by molar-refractivity contribution is -0.140.